The zero-order valence-electron chi connectivity index (χ0n) is 13.7. The van der Waals surface area contributed by atoms with Gasteiger partial charge in [-0.25, -0.2) is 5.01 Å². The molecule has 5 nitrogen and oxygen atoms in total. The summed E-state index contributed by atoms with van der Waals surface area (Å²) in [6.07, 6.45) is 1.31. The Morgan fingerprint density at radius 2 is 2.12 bits per heavy atom. The van der Waals surface area contributed by atoms with Crippen molar-refractivity contribution in [3.63, 3.8) is 0 Å². The fourth-order valence-electron chi connectivity index (χ4n) is 2.91. The number of nitrogens with zero attached hydrogens (tertiary/aromatic N) is 3. The molecular formula is C19H15ClN4OS. The van der Waals surface area contributed by atoms with Crippen LogP contribution in [0, 0.1) is 0 Å². The van der Waals surface area contributed by atoms with E-state index < -0.39 is 6.17 Å². The summed E-state index contributed by atoms with van der Waals surface area (Å²) in [5.41, 5.74) is 1.36. The van der Waals surface area contributed by atoms with Crippen molar-refractivity contribution < 1.29 is 4.79 Å². The first-order valence-corrected chi connectivity index (χ1v) is 9.39. The lowest BCUT2D eigenvalue weighted by Gasteiger charge is -2.34. The zero-order valence-corrected chi connectivity index (χ0v) is 15.3. The van der Waals surface area contributed by atoms with E-state index in [4.69, 9.17) is 16.6 Å². The van der Waals surface area contributed by atoms with E-state index in [2.05, 4.69) is 17.0 Å². The lowest BCUT2D eigenvalue weighted by molar-refractivity contribution is -0.116. The third-order valence-electron chi connectivity index (χ3n) is 4.00. The predicted octanol–water partition coefficient (Wildman–Crippen LogP) is 2.40. The first kappa shape index (κ1) is 16.9. The van der Waals surface area contributed by atoms with Gasteiger partial charge in [0, 0.05) is 16.0 Å². The van der Waals surface area contributed by atoms with E-state index in [1.165, 1.54) is 11.8 Å². The molecule has 1 amide bonds. The molecule has 0 bridgehead atoms. The summed E-state index contributed by atoms with van der Waals surface area (Å²) in [4.78, 5) is 17.7. The van der Waals surface area contributed by atoms with Crippen LogP contribution in [0.1, 0.15) is 11.7 Å². The van der Waals surface area contributed by atoms with E-state index in [1.54, 1.807) is 11.1 Å². The van der Waals surface area contributed by atoms with Crippen LogP contribution < -0.4 is 15.9 Å². The molecule has 2 aliphatic heterocycles. The zero-order chi connectivity index (χ0) is 18.1. The van der Waals surface area contributed by atoms with Crippen molar-refractivity contribution in [2.24, 2.45) is 10.1 Å². The molecule has 7 heteroatoms. The largest absolute Gasteiger partial charge is 0.298 e. The van der Waals surface area contributed by atoms with Crippen molar-refractivity contribution in [1.29, 1.82) is 0 Å². The van der Waals surface area contributed by atoms with E-state index in [-0.39, 0.29) is 5.91 Å². The van der Waals surface area contributed by atoms with E-state index in [1.807, 2.05) is 48.5 Å². The predicted molar refractivity (Wildman–Crippen MR) is 105 cm³/mol. The van der Waals surface area contributed by atoms with Gasteiger partial charge in [0.05, 0.1) is 5.36 Å². The van der Waals surface area contributed by atoms with Crippen LogP contribution in [0.15, 0.2) is 71.3 Å². The Bertz CT molecular complexity index is 1050. The number of benzene rings is 2. The van der Waals surface area contributed by atoms with Crippen LogP contribution in [0.3, 0.4) is 0 Å². The number of rotatable bonds is 3. The Hall–Kier alpha value is -2.57. The monoisotopic (exact) mass is 382 g/mol. The summed E-state index contributed by atoms with van der Waals surface area (Å²) in [5, 5.41) is 11.8. The molecule has 2 aliphatic rings. The SMILES string of the molecule is C=CCSC1=NN2C(=c3ccccc3=NC2c2cccc(Cl)c2)C(=O)N1. The van der Waals surface area contributed by atoms with Gasteiger partial charge >= 0.3 is 0 Å². The van der Waals surface area contributed by atoms with Gasteiger partial charge in [0.2, 0.25) is 0 Å². The minimum Gasteiger partial charge on any atom is -0.298 e. The maximum atomic E-state index is 12.8. The van der Waals surface area contributed by atoms with E-state index in [0.29, 0.717) is 21.6 Å². The summed E-state index contributed by atoms with van der Waals surface area (Å²) >= 11 is 7.58. The molecule has 0 fully saturated rings. The summed E-state index contributed by atoms with van der Waals surface area (Å²) in [6, 6.07) is 15.0. The first-order valence-electron chi connectivity index (χ1n) is 8.03. The van der Waals surface area contributed by atoms with Gasteiger partial charge in [0.1, 0.15) is 5.70 Å². The number of para-hydroxylation sites is 1. The summed E-state index contributed by atoms with van der Waals surface area (Å²) in [6.45, 7) is 3.71. The molecule has 0 saturated carbocycles. The molecule has 130 valence electrons. The molecule has 4 rings (SSSR count). The topological polar surface area (TPSA) is 57.1 Å². The summed E-state index contributed by atoms with van der Waals surface area (Å²) in [5.74, 6) is 0.457. The molecule has 0 saturated heterocycles. The lowest BCUT2D eigenvalue weighted by atomic mass is 10.1. The minimum atomic E-state index is -0.455. The van der Waals surface area contributed by atoms with Crippen LogP contribution in [0.5, 0.6) is 0 Å². The number of fused-ring (bicyclic) bond motifs is 2. The Morgan fingerprint density at radius 3 is 2.92 bits per heavy atom. The van der Waals surface area contributed by atoms with Crippen LogP contribution in [-0.2, 0) is 4.79 Å². The first-order chi connectivity index (χ1) is 12.7. The Labute approximate surface area is 159 Å². The quantitative estimate of drug-likeness (QED) is 0.829. The highest BCUT2D eigenvalue weighted by Crippen LogP contribution is 2.31. The Morgan fingerprint density at radius 1 is 1.27 bits per heavy atom. The van der Waals surface area contributed by atoms with Crippen LogP contribution in [0.4, 0.5) is 0 Å². The van der Waals surface area contributed by atoms with Gasteiger partial charge in [0.25, 0.3) is 5.91 Å². The molecule has 1 unspecified atom stereocenters. The molecule has 0 aromatic heterocycles. The number of halogens is 1. The van der Waals surface area contributed by atoms with Gasteiger partial charge in [-0.3, -0.25) is 15.1 Å². The fourth-order valence-corrected chi connectivity index (χ4v) is 3.70. The van der Waals surface area contributed by atoms with Gasteiger partial charge < -0.3 is 0 Å². The standard InChI is InChI=1S/C19H15ClN4OS/c1-2-10-26-19-22-18(25)16-14-8-3-4-9-15(14)21-17(24(16)23-19)12-6-5-7-13(20)11-12/h2-9,11,17H,1,10H2,(H,22,23,25). The van der Waals surface area contributed by atoms with Crippen LogP contribution in [-0.4, -0.2) is 21.8 Å². The molecule has 0 aliphatic carbocycles. The van der Waals surface area contributed by atoms with Crippen molar-refractivity contribution in [1.82, 2.24) is 10.3 Å². The van der Waals surface area contributed by atoms with E-state index >= 15 is 0 Å². The number of hydrogen-bond acceptors (Lipinski definition) is 5. The van der Waals surface area contributed by atoms with Gasteiger partial charge in [0.15, 0.2) is 11.3 Å². The molecule has 2 aromatic carbocycles. The molecule has 0 radical (unpaired) electrons. The second-order valence-electron chi connectivity index (χ2n) is 5.73. The van der Waals surface area contributed by atoms with Crippen LogP contribution >= 0.6 is 23.4 Å². The second-order valence-corrected chi connectivity index (χ2v) is 7.17. The van der Waals surface area contributed by atoms with Gasteiger partial charge in [-0.15, -0.1) is 11.7 Å². The number of thioether (sulfide) groups is 1. The molecule has 0 spiro atoms. The molecule has 2 heterocycles. The van der Waals surface area contributed by atoms with Crippen molar-refractivity contribution in [2.45, 2.75) is 6.17 Å². The normalized spacial score (nSPS) is 18.3. The van der Waals surface area contributed by atoms with Crippen molar-refractivity contribution in [3.05, 3.63) is 82.3 Å². The van der Waals surface area contributed by atoms with Crippen LogP contribution in [0.25, 0.3) is 5.70 Å². The van der Waals surface area contributed by atoms with Gasteiger partial charge in [-0.2, -0.15) is 0 Å². The number of carbonyl (C=O) groups excluding carboxylic acids is 1. The molecule has 2 aromatic rings. The van der Waals surface area contributed by atoms with Crippen molar-refractivity contribution >= 4 is 40.1 Å². The van der Waals surface area contributed by atoms with Crippen molar-refractivity contribution in [3.8, 4) is 0 Å². The Kier molecular flexibility index (Phi) is 4.53. The Balaban J connectivity index is 1.92. The van der Waals surface area contributed by atoms with Gasteiger partial charge in [-0.05, 0) is 23.8 Å². The van der Waals surface area contributed by atoms with Crippen LogP contribution in [0.2, 0.25) is 5.02 Å². The molecule has 1 N–H and O–H groups in total. The highest BCUT2D eigenvalue weighted by molar-refractivity contribution is 8.14. The maximum absolute atomic E-state index is 12.8. The third kappa shape index (κ3) is 3.02. The summed E-state index contributed by atoms with van der Waals surface area (Å²) in [7, 11) is 0. The maximum Gasteiger partial charge on any atom is 0.276 e. The lowest BCUT2D eigenvalue weighted by Crippen LogP contribution is -2.50. The minimum absolute atomic E-state index is 0.194. The fraction of sp³-hybridized carbons (Fsp3) is 0.105. The van der Waals surface area contributed by atoms with E-state index in [0.717, 1.165) is 16.1 Å². The average molecular weight is 383 g/mol. The number of hydrazone groups is 1. The number of amidine groups is 1. The molecule has 1 atom stereocenters. The second kappa shape index (κ2) is 6.97. The molecule has 26 heavy (non-hydrogen) atoms. The smallest absolute Gasteiger partial charge is 0.276 e. The van der Waals surface area contributed by atoms with Gasteiger partial charge in [-0.1, -0.05) is 59.8 Å². The summed E-state index contributed by atoms with van der Waals surface area (Å²) < 4.78 is 0. The number of carbonyl (C=O) groups is 1. The number of amides is 1. The molecular weight excluding hydrogens is 368 g/mol. The van der Waals surface area contributed by atoms with Crippen molar-refractivity contribution in [2.75, 3.05) is 5.75 Å². The van der Waals surface area contributed by atoms with E-state index in [9.17, 15) is 4.79 Å². The highest BCUT2D eigenvalue weighted by atomic mass is 35.5. The third-order valence-corrected chi connectivity index (χ3v) is 5.09. The average Bonchev–Trinajstić information content (AvgIpc) is 2.65. The number of nitrogens with one attached hydrogen (secondary N) is 1. The highest BCUT2D eigenvalue weighted by Gasteiger charge is 2.34. The number of hydrogen-bond donors (Lipinski definition) is 1.